The zero-order chi connectivity index (χ0) is 23.1. The number of carbonyl (C=O) groups is 1. The van der Waals surface area contributed by atoms with Crippen LogP contribution in [0.5, 0.6) is 5.75 Å². The summed E-state index contributed by atoms with van der Waals surface area (Å²) >= 11 is 0. The summed E-state index contributed by atoms with van der Waals surface area (Å²) in [6.45, 7) is 5.80. The Morgan fingerprint density at radius 3 is 2.41 bits per heavy atom. The number of ether oxygens (including phenoxy) is 3. The molecule has 3 rings (SSSR count). The molecule has 7 heteroatoms. The summed E-state index contributed by atoms with van der Waals surface area (Å²) in [5.74, 6) is 0.758. The molecule has 2 atom stereocenters. The lowest BCUT2D eigenvalue weighted by Crippen LogP contribution is -2.17. The molecule has 0 aliphatic heterocycles. The van der Waals surface area contributed by atoms with Gasteiger partial charge in [-0.25, -0.2) is 9.48 Å². The lowest BCUT2D eigenvalue weighted by atomic mass is 10.1. The minimum Gasteiger partial charge on any atom is -0.497 e. The Labute approximate surface area is 188 Å². The van der Waals surface area contributed by atoms with Crippen molar-refractivity contribution in [3.05, 3.63) is 65.9 Å². The Morgan fingerprint density at radius 2 is 1.78 bits per heavy atom. The second-order valence-corrected chi connectivity index (χ2v) is 7.63. The normalized spacial score (nSPS) is 12.8. The van der Waals surface area contributed by atoms with Gasteiger partial charge in [-0.2, -0.15) is 5.10 Å². The van der Waals surface area contributed by atoms with Gasteiger partial charge in [0.1, 0.15) is 11.9 Å². The quantitative estimate of drug-likeness (QED) is 0.461. The van der Waals surface area contributed by atoms with E-state index in [9.17, 15) is 9.90 Å². The zero-order valence-electron chi connectivity index (χ0n) is 18.9. The minimum atomic E-state index is -0.799. The SMILES string of the molecule is CCOC(=O)OC(C)CCC(O)c1cc(-c2ccc(C)cc2)n(-c2ccc(OC)cc2)n1. The second-order valence-electron chi connectivity index (χ2n) is 7.63. The number of rotatable bonds is 9. The molecule has 0 radical (unpaired) electrons. The standard InChI is InChI=1S/C25H30N2O5/c1-5-31-25(29)32-18(3)8-15-24(28)22-16-23(19-9-6-17(2)7-10-19)27(26-22)20-11-13-21(30-4)14-12-20/h6-7,9-14,16,18,24,28H,5,8,15H2,1-4H3. The molecule has 1 heterocycles. The largest absolute Gasteiger partial charge is 0.508 e. The highest BCUT2D eigenvalue weighted by Gasteiger charge is 2.19. The maximum absolute atomic E-state index is 11.5. The monoisotopic (exact) mass is 438 g/mol. The molecular formula is C25H30N2O5. The van der Waals surface area contributed by atoms with Crippen molar-refractivity contribution in [2.24, 2.45) is 0 Å². The predicted molar refractivity (Wildman–Crippen MR) is 122 cm³/mol. The molecule has 2 aromatic carbocycles. The third-order valence-corrected chi connectivity index (χ3v) is 5.14. The molecule has 0 fully saturated rings. The molecule has 1 N–H and O–H groups in total. The Hall–Kier alpha value is -3.32. The molecule has 32 heavy (non-hydrogen) atoms. The van der Waals surface area contributed by atoms with E-state index in [1.807, 2.05) is 66.2 Å². The van der Waals surface area contributed by atoms with Crippen molar-refractivity contribution in [1.29, 1.82) is 0 Å². The van der Waals surface area contributed by atoms with Gasteiger partial charge in [0.25, 0.3) is 0 Å². The Bertz CT molecular complexity index is 1010. The predicted octanol–water partition coefficient (Wildman–Crippen LogP) is 5.23. The van der Waals surface area contributed by atoms with E-state index >= 15 is 0 Å². The van der Waals surface area contributed by atoms with E-state index in [0.717, 1.165) is 22.7 Å². The van der Waals surface area contributed by atoms with Gasteiger partial charge in [-0.1, -0.05) is 29.8 Å². The number of aromatic nitrogens is 2. The second kappa shape index (κ2) is 10.8. The van der Waals surface area contributed by atoms with Gasteiger partial charge < -0.3 is 19.3 Å². The van der Waals surface area contributed by atoms with Gasteiger partial charge in [0.15, 0.2) is 0 Å². The number of aliphatic hydroxyl groups is 1. The highest BCUT2D eigenvalue weighted by molar-refractivity contribution is 5.63. The van der Waals surface area contributed by atoms with Gasteiger partial charge in [-0.15, -0.1) is 0 Å². The number of aliphatic hydroxyl groups excluding tert-OH is 1. The van der Waals surface area contributed by atoms with Crippen LogP contribution in [0, 0.1) is 6.92 Å². The molecule has 0 aliphatic carbocycles. The van der Waals surface area contributed by atoms with Crippen LogP contribution in [-0.4, -0.2) is 40.9 Å². The molecular weight excluding hydrogens is 408 g/mol. The van der Waals surface area contributed by atoms with Crippen LogP contribution in [-0.2, 0) is 9.47 Å². The number of hydrogen-bond donors (Lipinski definition) is 1. The van der Waals surface area contributed by atoms with Gasteiger partial charge in [0, 0.05) is 5.56 Å². The number of nitrogens with zero attached hydrogens (tertiary/aromatic N) is 2. The smallest absolute Gasteiger partial charge is 0.497 e. The van der Waals surface area contributed by atoms with Crippen LogP contribution in [0.4, 0.5) is 4.79 Å². The average molecular weight is 439 g/mol. The third-order valence-electron chi connectivity index (χ3n) is 5.14. The summed E-state index contributed by atoms with van der Waals surface area (Å²) in [5.41, 5.74) is 4.45. The summed E-state index contributed by atoms with van der Waals surface area (Å²) < 4.78 is 17.0. The molecule has 1 aromatic heterocycles. The van der Waals surface area contributed by atoms with Crippen molar-refractivity contribution in [2.45, 2.75) is 45.8 Å². The summed E-state index contributed by atoms with van der Waals surface area (Å²) in [6, 6.07) is 17.7. The first kappa shape index (κ1) is 23.3. The summed E-state index contributed by atoms with van der Waals surface area (Å²) in [5, 5.41) is 15.5. The van der Waals surface area contributed by atoms with Crippen LogP contribution in [0.1, 0.15) is 44.1 Å². The molecule has 0 spiro atoms. The van der Waals surface area contributed by atoms with Crippen LogP contribution < -0.4 is 4.74 Å². The summed E-state index contributed by atoms with van der Waals surface area (Å²) in [6.07, 6.45) is -0.987. The van der Waals surface area contributed by atoms with Crippen LogP contribution in [0.2, 0.25) is 0 Å². The fraction of sp³-hybridized carbons (Fsp3) is 0.360. The molecule has 3 aromatic rings. The lowest BCUT2D eigenvalue weighted by Gasteiger charge is -2.14. The summed E-state index contributed by atoms with van der Waals surface area (Å²) in [7, 11) is 1.63. The molecule has 0 saturated heterocycles. The Kier molecular flexibility index (Phi) is 7.89. The summed E-state index contributed by atoms with van der Waals surface area (Å²) in [4.78, 5) is 11.5. The van der Waals surface area contributed by atoms with Gasteiger partial charge in [0.2, 0.25) is 0 Å². The van der Waals surface area contributed by atoms with Crippen molar-refractivity contribution >= 4 is 6.16 Å². The first-order valence-corrected chi connectivity index (χ1v) is 10.7. The van der Waals surface area contributed by atoms with Crippen LogP contribution in [0.15, 0.2) is 54.6 Å². The molecule has 0 bridgehead atoms. The number of methoxy groups -OCH3 is 1. The van der Waals surface area contributed by atoms with E-state index in [0.29, 0.717) is 18.5 Å². The minimum absolute atomic E-state index is 0.263. The van der Waals surface area contributed by atoms with Gasteiger partial charge >= 0.3 is 6.16 Å². The van der Waals surface area contributed by atoms with Crippen molar-refractivity contribution in [2.75, 3.05) is 13.7 Å². The Morgan fingerprint density at radius 1 is 1.09 bits per heavy atom. The van der Waals surface area contributed by atoms with E-state index in [2.05, 4.69) is 0 Å². The number of hydrogen-bond acceptors (Lipinski definition) is 6. The number of aryl methyl sites for hydroxylation is 1. The van der Waals surface area contributed by atoms with Crippen molar-refractivity contribution in [3.63, 3.8) is 0 Å². The number of carbonyl (C=O) groups excluding carboxylic acids is 1. The fourth-order valence-corrected chi connectivity index (χ4v) is 3.33. The third kappa shape index (κ3) is 5.88. The topological polar surface area (TPSA) is 82.8 Å². The number of benzene rings is 2. The van der Waals surface area contributed by atoms with Gasteiger partial charge in [-0.3, -0.25) is 0 Å². The van der Waals surface area contributed by atoms with E-state index in [-0.39, 0.29) is 12.7 Å². The average Bonchev–Trinajstić information content (AvgIpc) is 3.23. The van der Waals surface area contributed by atoms with Gasteiger partial charge in [0.05, 0.1) is 36.9 Å². The highest BCUT2D eigenvalue weighted by atomic mass is 16.7. The first-order valence-electron chi connectivity index (χ1n) is 10.7. The fourth-order valence-electron chi connectivity index (χ4n) is 3.33. The van der Waals surface area contributed by atoms with Crippen molar-refractivity contribution in [1.82, 2.24) is 9.78 Å². The lowest BCUT2D eigenvalue weighted by molar-refractivity contribution is 0.0238. The van der Waals surface area contributed by atoms with E-state index < -0.39 is 12.3 Å². The van der Waals surface area contributed by atoms with Gasteiger partial charge in [-0.05, 0) is 63.9 Å². The van der Waals surface area contributed by atoms with Crippen molar-refractivity contribution in [3.8, 4) is 22.7 Å². The maximum Gasteiger partial charge on any atom is 0.508 e. The first-order chi connectivity index (χ1) is 15.4. The molecule has 0 aliphatic rings. The molecule has 2 unspecified atom stereocenters. The Balaban J connectivity index is 1.83. The maximum atomic E-state index is 11.5. The van der Waals surface area contributed by atoms with Crippen LogP contribution in [0.3, 0.4) is 0 Å². The highest BCUT2D eigenvalue weighted by Crippen LogP contribution is 2.29. The van der Waals surface area contributed by atoms with E-state index in [4.69, 9.17) is 19.3 Å². The van der Waals surface area contributed by atoms with Crippen molar-refractivity contribution < 1.29 is 24.1 Å². The molecule has 0 saturated carbocycles. The molecule has 7 nitrogen and oxygen atoms in total. The molecule has 170 valence electrons. The molecule has 0 amide bonds. The van der Waals surface area contributed by atoms with Crippen LogP contribution >= 0.6 is 0 Å². The van der Waals surface area contributed by atoms with E-state index in [1.165, 1.54) is 5.56 Å². The van der Waals surface area contributed by atoms with Crippen LogP contribution in [0.25, 0.3) is 16.9 Å². The zero-order valence-corrected chi connectivity index (χ0v) is 18.9. The van der Waals surface area contributed by atoms with E-state index in [1.54, 1.807) is 21.0 Å².